The van der Waals surface area contributed by atoms with Crippen molar-refractivity contribution in [2.24, 2.45) is 17.8 Å². The zero-order valence-corrected chi connectivity index (χ0v) is 39.7. The van der Waals surface area contributed by atoms with E-state index in [1.54, 1.807) is 36.5 Å². The van der Waals surface area contributed by atoms with Gasteiger partial charge >= 0.3 is 11.9 Å². The maximum absolute atomic E-state index is 12.1. The number of ether oxygens (including phenoxy) is 5. The summed E-state index contributed by atoms with van der Waals surface area (Å²) in [6.45, 7) is 10.5. The minimum atomic E-state index is -1.84. The zero-order valence-electron chi connectivity index (χ0n) is 36.8. The second-order valence-corrected chi connectivity index (χ2v) is 19.5. The second kappa shape index (κ2) is 19.9. The van der Waals surface area contributed by atoms with Crippen LogP contribution in [0, 0.1) is 17.8 Å². The molecule has 0 saturated carbocycles. The summed E-state index contributed by atoms with van der Waals surface area (Å²) in [6.07, 6.45) is -3.82. The Kier molecular flexibility index (Phi) is 14.6. The molecule has 6 heterocycles. The number of hydrogen-bond acceptors (Lipinski definition) is 13. The number of aliphatic hydroxyl groups excluding tert-OH is 3. The summed E-state index contributed by atoms with van der Waals surface area (Å²) in [5.74, 6) is -1.65. The van der Waals surface area contributed by atoms with E-state index in [1.165, 1.54) is 0 Å². The van der Waals surface area contributed by atoms with Crippen molar-refractivity contribution in [2.75, 3.05) is 17.6 Å². The fourth-order valence-electron chi connectivity index (χ4n) is 9.81. The van der Waals surface area contributed by atoms with Crippen LogP contribution in [0.4, 0.5) is 0 Å². The van der Waals surface area contributed by atoms with Gasteiger partial charge in [-0.15, -0.1) is 0 Å². The van der Waals surface area contributed by atoms with E-state index in [2.05, 4.69) is 63.9 Å². The first-order valence-electron chi connectivity index (χ1n) is 22.4. The molecule has 0 spiro atoms. The van der Waals surface area contributed by atoms with E-state index in [9.17, 15) is 35.1 Å². The van der Waals surface area contributed by atoms with Crippen molar-refractivity contribution in [3.05, 3.63) is 82.4 Å². The Balaban J connectivity index is 1.14. The molecule has 5 N–H and O–H groups in total. The van der Waals surface area contributed by atoms with Crippen molar-refractivity contribution < 1.29 is 58.8 Å². The number of nitrogens with zero attached hydrogens (tertiary/aromatic N) is 4. The third-order valence-electron chi connectivity index (χ3n) is 14.1. The van der Waals surface area contributed by atoms with Crippen LogP contribution in [0.1, 0.15) is 93.2 Å². The lowest BCUT2D eigenvalue weighted by Crippen LogP contribution is -2.61. The number of likely N-dealkylation sites (tertiary alicyclic amines) is 1. The van der Waals surface area contributed by atoms with Gasteiger partial charge in [-0.3, -0.25) is 9.88 Å². The number of imidazole rings is 1. The van der Waals surface area contributed by atoms with Crippen LogP contribution in [-0.4, -0.2) is 123 Å². The van der Waals surface area contributed by atoms with Gasteiger partial charge in [-0.2, -0.15) is 0 Å². The van der Waals surface area contributed by atoms with Crippen LogP contribution >= 0.6 is 34.2 Å². The number of benzene rings is 2. The molecule has 16 nitrogen and oxygen atoms in total. The maximum atomic E-state index is 12.1. The van der Waals surface area contributed by atoms with E-state index in [0.717, 1.165) is 36.2 Å². The van der Waals surface area contributed by atoms with Crippen LogP contribution in [-0.2, 0) is 37.9 Å². The molecular weight excluding hydrogens is 975 g/mol. The summed E-state index contributed by atoms with van der Waals surface area (Å²) in [5, 5.41) is 52.7. The van der Waals surface area contributed by atoms with Crippen molar-refractivity contribution in [1.82, 2.24) is 19.4 Å². The SMILES string of the molecule is CC[C@@H](C)[C@@H](C)[C@H](O[C@@H]1O[C@H](C(=O)O)[C@@H](O)[C@H](O)[C@H]1O)[C@@H](CI)CC1CC(c2cccc3c2O[C@@](C)(c2ccc(Cl)cn2)O3)CCN1Cc1nc2ccc(C(=O)O)cc2n1C[C@@H]1CCO1. The van der Waals surface area contributed by atoms with Crippen molar-refractivity contribution in [1.29, 1.82) is 0 Å². The monoisotopic (exact) mass is 1030 g/mol. The highest BCUT2D eigenvalue weighted by molar-refractivity contribution is 14.1. The van der Waals surface area contributed by atoms with Gasteiger partial charge in [0.15, 0.2) is 23.9 Å². The summed E-state index contributed by atoms with van der Waals surface area (Å²) in [4.78, 5) is 36.3. The van der Waals surface area contributed by atoms with Crippen LogP contribution in [0.2, 0.25) is 5.02 Å². The highest BCUT2D eigenvalue weighted by Crippen LogP contribution is 2.50. The number of rotatable bonds is 17. The molecule has 2 unspecified atom stereocenters. The van der Waals surface area contributed by atoms with E-state index in [1.807, 2.05) is 19.1 Å². The van der Waals surface area contributed by atoms with E-state index in [0.29, 0.717) is 71.2 Å². The first-order valence-corrected chi connectivity index (χ1v) is 24.3. The van der Waals surface area contributed by atoms with Crippen molar-refractivity contribution in [3.8, 4) is 11.5 Å². The average molecular weight is 1030 g/mol. The number of aliphatic carboxylic acids is 1. The predicted octanol–water partition coefficient (Wildman–Crippen LogP) is 6.37. The topological polar surface area (TPSA) is 215 Å². The first-order chi connectivity index (χ1) is 31.1. The Morgan fingerprint density at radius 2 is 1.83 bits per heavy atom. The van der Waals surface area contributed by atoms with Crippen molar-refractivity contribution in [2.45, 2.75) is 134 Å². The lowest BCUT2D eigenvalue weighted by atomic mass is 9.77. The summed E-state index contributed by atoms with van der Waals surface area (Å²) >= 11 is 8.54. The normalized spacial score (nSPS) is 29.8. The van der Waals surface area contributed by atoms with E-state index < -0.39 is 54.5 Å². The van der Waals surface area contributed by atoms with Gasteiger partial charge in [0.2, 0.25) is 0 Å². The number of para-hydroxylation sites is 1. The molecule has 3 fully saturated rings. The number of alkyl halides is 1. The van der Waals surface area contributed by atoms with Crippen LogP contribution in [0.15, 0.2) is 54.7 Å². The molecule has 0 radical (unpaired) electrons. The van der Waals surface area contributed by atoms with Gasteiger partial charge in [0.1, 0.15) is 29.8 Å². The molecule has 0 amide bonds. The number of aromatic nitrogens is 3. The fourth-order valence-corrected chi connectivity index (χ4v) is 10.8. The number of carboxylic acids is 2. The predicted molar refractivity (Wildman–Crippen MR) is 246 cm³/mol. The molecule has 0 bridgehead atoms. The van der Waals surface area contributed by atoms with Gasteiger partial charge in [0, 0.05) is 35.8 Å². The molecule has 2 aromatic carbocycles. The largest absolute Gasteiger partial charge is 0.479 e. The first kappa shape index (κ1) is 47.8. The summed E-state index contributed by atoms with van der Waals surface area (Å²) in [7, 11) is 0. The number of carboxylic acid groups (broad SMARTS) is 2. The summed E-state index contributed by atoms with van der Waals surface area (Å²) in [5.41, 5.74) is 3.20. The fraction of sp³-hybridized carbons (Fsp3) is 0.574. The second-order valence-electron chi connectivity index (χ2n) is 18.2. The number of aliphatic hydroxyl groups is 3. The zero-order chi connectivity index (χ0) is 46.3. The average Bonchev–Trinajstić information content (AvgIpc) is 3.82. The molecule has 4 aromatic rings. The Hall–Kier alpha value is -3.66. The van der Waals surface area contributed by atoms with E-state index in [-0.39, 0.29) is 41.4 Å². The molecule has 4 aliphatic heterocycles. The van der Waals surface area contributed by atoms with E-state index in [4.69, 9.17) is 40.3 Å². The molecule has 8 rings (SSSR count). The van der Waals surface area contributed by atoms with Gasteiger partial charge in [0.25, 0.3) is 5.79 Å². The third-order valence-corrected chi connectivity index (χ3v) is 15.4. The van der Waals surface area contributed by atoms with Crippen molar-refractivity contribution in [3.63, 3.8) is 0 Å². The number of halogens is 2. The smallest absolute Gasteiger partial charge is 0.335 e. The molecule has 2 aromatic heterocycles. The number of pyridine rings is 1. The molecule has 352 valence electrons. The molecule has 4 aliphatic rings. The number of carbonyl (C=O) groups is 2. The molecular formula is C47H58ClIN4O12. The third kappa shape index (κ3) is 9.86. The Labute approximate surface area is 396 Å². The molecule has 13 atom stereocenters. The van der Waals surface area contributed by atoms with E-state index >= 15 is 0 Å². The summed E-state index contributed by atoms with van der Waals surface area (Å²) in [6, 6.07) is 14.4. The van der Waals surface area contributed by atoms with Gasteiger partial charge < -0.3 is 53.8 Å². The quantitative estimate of drug-likeness (QED) is 0.0575. The lowest BCUT2D eigenvalue weighted by molar-refractivity contribution is -0.312. The van der Waals surface area contributed by atoms with Crippen LogP contribution in [0.5, 0.6) is 11.5 Å². The van der Waals surface area contributed by atoms with Crippen LogP contribution in [0.3, 0.4) is 0 Å². The highest BCUT2D eigenvalue weighted by Gasteiger charge is 2.50. The van der Waals surface area contributed by atoms with Gasteiger partial charge in [-0.1, -0.05) is 73.5 Å². The van der Waals surface area contributed by atoms with Gasteiger partial charge in [-0.25, -0.2) is 14.6 Å². The minimum Gasteiger partial charge on any atom is -0.479 e. The standard InChI is InChI=1S/C47H58ClIN4O12/c1-5-24(2)25(3)41(62-46-40(56)38(54)39(55)43(63-46)45(59)60)28(20-49)18-30-17-26(32-7-6-8-35-42(32)65-47(4,64-35)36-12-10-29(48)21-50-36)13-15-52(30)23-37-51-33-11-9-27(44(57)58)19-34(33)53(37)22-31-14-16-61-31/h6-12,19,21,24-26,28,30-31,38-41,43,46,54-56H,5,13-18,20,22-23H2,1-4H3,(H,57,58)(H,59,60)/t24-,25-,26?,28-,30?,31+,38+,39+,40-,41+,43+,46-,47+/m1/s1. The number of piperidine rings is 1. The van der Waals surface area contributed by atoms with Crippen LogP contribution < -0.4 is 9.47 Å². The number of fused-ring (bicyclic) bond motifs is 2. The lowest BCUT2D eigenvalue weighted by Gasteiger charge is -2.45. The number of hydrogen-bond donors (Lipinski definition) is 5. The maximum Gasteiger partial charge on any atom is 0.335 e. The summed E-state index contributed by atoms with van der Waals surface area (Å²) < 4.78 is 34.2. The Bertz CT molecular complexity index is 2330. The van der Waals surface area contributed by atoms with Crippen molar-refractivity contribution >= 4 is 57.2 Å². The van der Waals surface area contributed by atoms with Gasteiger partial charge in [-0.05, 0) is 92.3 Å². The Morgan fingerprint density at radius 3 is 2.49 bits per heavy atom. The Morgan fingerprint density at radius 1 is 1.05 bits per heavy atom. The molecule has 3 saturated heterocycles. The minimum absolute atomic E-state index is 0.0154. The van der Waals surface area contributed by atoms with Crippen LogP contribution in [0.25, 0.3) is 11.0 Å². The number of aromatic carboxylic acids is 1. The molecule has 65 heavy (non-hydrogen) atoms. The van der Waals surface area contributed by atoms with Gasteiger partial charge in [0.05, 0.1) is 46.9 Å². The molecule has 18 heteroatoms. The highest BCUT2D eigenvalue weighted by atomic mass is 127. The molecule has 0 aliphatic carbocycles.